The Morgan fingerprint density at radius 2 is 1.89 bits per heavy atom. The van der Waals surface area contributed by atoms with E-state index in [1.807, 2.05) is 0 Å². The molecule has 0 aliphatic carbocycles. The maximum absolute atomic E-state index is 13.7. The molecule has 0 atom stereocenters. The van der Waals surface area contributed by atoms with Crippen molar-refractivity contribution in [3.05, 3.63) is 58.2 Å². The molecule has 1 heterocycles. The molecule has 0 saturated heterocycles. The first-order chi connectivity index (χ1) is 9.00. The minimum atomic E-state index is -0.917. The van der Waals surface area contributed by atoms with E-state index in [2.05, 4.69) is 20.9 Å². The highest BCUT2D eigenvalue weighted by atomic mass is 79.9. The van der Waals surface area contributed by atoms with Crippen molar-refractivity contribution in [2.24, 2.45) is 0 Å². The van der Waals surface area contributed by atoms with Crippen molar-refractivity contribution in [1.82, 2.24) is 4.98 Å². The van der Waals surface area contributed by atoms with Crippen LogP contribution in [-0.4, -0.2) is 17.9 Å². The van der Waals surface area contributed by atoms with Gasteiger partial charge in [0.05, 0.1) is 0 Å². The second kappa shape index (κ2) is 5.44. The van der Waals surface area contributed by atoms with E-state index >= 15 is 0 Å². The molecule has 0 fully saturated rings. The summed E-state index contributed by atoms with van der Waals surface area (Å²) in [5, 5.41) is 0. The second-order valence-corrected chi connectivity index (χ2v) is 4.71. The lowest BCUT2D eigenvalue weighted by Gasteiger charge is -2.16. The van der Waals surface area contributed by atoms with E-state index in [0.717, 1.165) is 17.0 Å². The number of hydrogen-bond donors (Lipinski definition) is 0. The summed E-state index contributed by atoms with van der Waals surface area (Å²) in [6.45, 7) is 0. The van der Waals surface area contributed by atoms with Crippen LogP contribution in [0.5, 0.6) is 0 Å². The van der Waals surface area contributed by atoms with Gasteiger partial charge in [-0.2, -0.15) is 0 Å². The zero-order valence-corrected chi connectivity index (χ0v) is 11.5. The molecule has 1 aromatic carbocycles. The first kappa shape index (κ1) is 13.6. The van der Waals surface area contributed by atoms with Crippen molar-refractivity contribution in [3.63, 3.8) is 0 Å². The summed E-state index contributed by atoms with van der Waals surface area (Å²) in [6, 6.07) is 7.03. The number of rotatable bonds is 2. The van der Waals surface area contributed by atoms with Gasteiger partial charge in [-0.3, -0.25) is 9.69 Å². The van der Waals surface area contributed by atoms with E-state index in [-0.39, 0.29) is 4.47 Å². The zero-order valence-electron chi connectivity index (χ0n) is 9.90. The molecule has 1 aromatic heterocycles. The number of pyridine rings is 1. The van der Waals surface area contributed by atoms with Crippen molar-refractivity contribution in [2.45, 2.75) is 0 Å². The predicted octanol–water partition coefficient (Wildman–Crippen LogP) is 3.40. The van der Waals surface area contributed by atoms with E-state index < -0.39 is 23.1 Å². The van der Waals surface area contributed by atoms with Gasteiger partial charge >= 0.3 is 0 Å². The molecule has 0 bridgehead atoms. The van der Waals surface area contributed by atoms with Crippen LogP contribution < -0.4 is 4.90 Å². The van der Waals surface area contributed by atoms with Crippen LogP contribution in [-0.2, 0) is 0 Å². The van der Waals surface area contributed by atoms with Crippen LogP contribution in [0, 0.1) is 11.6 Å². The Morgan fingerprint density at radius 1 is 1.26 bits per heavy atom. The molecule has 19 heavy (non-hydrogen) atoms. The molecular weight excluding hydrogens is 318 g/mol. The van der Waals surface area contributed by atoms with Crippen molar-refractivity contribution < 1.29 is 13.6 Å². The fourth-order valence-electron chi connectivity index (χ4n) is 1.57. The number of carbonyl (C=O) groups excluding carboxylic acids is 1. The number of halogens is 3. The number of aromatic nitrogens is 1. The molecule has 0 aliphatic rings. The maximum Gasteiger partial charge on any atom is 0.265 e. The van der Waals surface area contributed by atoms with Crippen molar-refractivity contribution in [3.8, 4) is 0 Å². The maximum atomic E-state index is 13.7. The largest absolute Gasteiger partial charge is 0.296 e. The summed E-state index contributed by atoms with van der Waals surface area (Å²) in [5.74, 6) is -2.31. The van der Waals surface area contributed by atoms with Crippen LogP contribution in [0.1, 0.15) is 10.4 Å². The van der Waals surface area contributed by atoms with E-state index in [1.54, 1.807) is 18.2 Å². The summed E-state index contributed by atoms with van der Waals surface area (Å²) in [4.78, 5) is 17.1. The third kappa shape index (κ3) is 2.78. The third-order valence-corrected chi connectivity index (χ3v) is 2.98. The van der Waals surface area contributed by atoms with Gasteiger partial charge in [0.15, 0.2) is 0 Å². The first-order valence-electron chi connectivity index (χ1n) is 5.34. The van der Waals surface area contributed by atoms with E-state index in [4.69, 9.17) is 0 Å². The summed E-state index contributed by atoms with van der Waals surface area (Å²) < 4.78 is 27.6. The molecule has 98 valence electrons. The smallest absolute Gasteiger partial charge is 0.265 e. The standard InChI is InChI=1S/C13H9BrF2N2O/c1-18(11-4-2-3-5-17-11)13(19)12-9(15)6-8(14)7-10(12)16/h2-7H,1H3. The third-order valence-electron chi connectivity index (χ3n) is 2.52. The van der Waals surface area contributed by atoms with Crippen molar-refractivity contribution in [2.75, 3.05) is 11.9 Å². The molecule has 0 saturated carbocycles. The average Bonchev–Trinajstić information content (AvgIpc) is 2.37. The number of nitrogens with zero attached hydrogens (tertiary/aromatic N) is 2. The normalized spacial score (nSPS) is 10.3. The Balaban J connectivity index is 2.40. The Bertz CT molecular complexity index is 596. The summed E-state index contributed by atoms with van der Waals surface area (Å²) in [6.07, 6.45) is 1.49. The minimum absolute atomic E-state index is 0.236. The van der Waals surface area contributed by atoms with Gasteiger partial charge in [-0.1, -0.05) is 22.0 Å². The molecule has 0 unspecified atom stereocenters. The molecule has 2 rings (SSSR count). The highest BCUT2D eigenvalue weighted by Gasteiger charge is 2.22. The summed E-state index contributed by atoms with van der Waals surface area (Å²) >= 11 is 2.96. The van der Waals surface area contributed by atoms with E-state index in [9.17, 15) is 13.6 Å². The Kier molecular flexibility index (Phi) is 3.90. The Labute approximate surface area is 117 Å². The summed E-state index contributed by atoms with van der Waals surface area (Å²) in [7, 11) is 1.41. The number of carbonyl (C=O) groups is 1. The molecule has 0 radical (unpaired) electrons. The quantitative estimate of drug-likeness (QED) is 0.847. The van der Waals surface area contributed by atoms with Gasteiger partial charge in [-0.25, -0.2) is 13.8 Å². The predicted molar refractivity (Wildman–Crippen MR) is 71.0 cm³/mol. The van der Waals surface area contributed by atoms with Gasteiger partial charge in [0, 0.05) is 17.7 Å². The SMILES string of the molecule is CN(C(=O)c1c(F)cc(Br)cc1F)c1ccccn1. The van der Waals surface area contributed by atoms with Gasteiger partial charge in [0.1, 0.15) is 23.0 Å². The molecule has 6 heteroatoms. The average molecular weight is 327 g/mol. The van der Waals surface area contributed by atoms with Crippen LogP contribution in [0.2, 0.25) is 0 Å². The van der Waals surface area contributed by atoms with Gasteiger partial charge in [-0.15, -0.1) is 0 Å². The van der Waals surface area contributed by atoms with Crippen LogP contribution in [0.3, 0.4) is 0 Å². The van der Waals surface area contributed by atoms with Crippen LogP contribution in [0.4, 0.5) is 14.6 Å². The van der Waals surface area contributed by atoms with Crippen LogP contribution in [0.15, 0.2) is 41.0 Å². The number of anilines is 1. The first-order valence-corrected chi connectivity index (χ1v) is 6.13. The van der Waals surface area contributed by atoms with E-state index in [0.29, 0.717) is 5.82 Å². The molecule has 0 spiro atoms. The highest BCUT2D eigenvalue weighted by Crippen LogP contribution is 2.22. The lowest BCUT2D eigenvalue weighted by molar-refractivity contribution is 0.0984. The molecule has 0 aliphatic heterocycles. The lowest BCUT2D eigenvalue weighted by Crippen LogP contribution is -2.28. The van der Waals surface area contributed by atoms with Gasteiger partial charge in [-0.05, 0) is 24.3 Å². The Hall–Kier alpha value is -1.82. The summed E-state index contributed by atoms with van der Waals surface area (Å²) in [5.41, 5.74) is -0.601. The molecule has 3 nitrogen and oxygen atoms in total. The van der Waals surface area contributed by atoms with Crippen molar-refractivity contribution in [1.29, 1.82) is 0 Å². The molecule has 1 amide bonds. The van der Waals surface area contributed by atoms with Crippen molar-refractivity contribution >= 4 is 27.7 Å². The highest BCUT2D eigenvalue weighted by molar-refractivity contribution is 9.10. The molecule has 0 N–H and O–H groups in total. The molecule has 2 aromatic rings. The van der Waals surface area contributed by atoms with Crippen LogP contribution in [0.25, 0.3) is 0 Å². The lowest BCUT2D eigenvalue weighted by atomic mass is 10.1. The van der Waals surface area contributed by atoms with E-state index in [1.165, 1.54) is 13.2 Å². The minimum Gasteiger partial charge on any atom is -0.296 e. The topological polar surface area (TPSA) is 33.2 Å². The number of benzene rings is 1. The van der Waals surface area contributed by atoms with Gasteiger partial charge in [0.25, 0.3) is 5.91 Å². The zero-order chi connectivity index (χ0) is 14.0. The number of hydrogen-bond acceptors (Lipinski definition) is 2. The van der Waals surface area contributed by atoms with Crippen LogP contribution >= 0.6 is 15.9 Å². The number of amides is 1. The Morgan fingerprint density at radius 3 is 2.42 bits per heavy atom. The second-order valence-electron chi connectivity index (χ2n) is 3.80. The fourth-order valence-corrected chi connectivity index (χ4v) is 1.97. The fraction of sp³-hybridized carbons (Fsp3) is 0.0769. The van der Waals surface area contributed by atoms with Gasteiger partial charge < -0.3 is 0 Å². The van der Waals surface area contributed by atoms with Gasteiger partial charge in [0.2, 0.25) is 0 Å². The molecular formula is C13H9BrF2N2O. The monoisotopic (exact) mass is 326 g/mol.